The molecule has 3 nitrogen and oxygen atoms in total. The fourth-order valence-corrected chi connectivity index (χ4v) is 1.81. The minimum Gasteiger partial charge on any atom is -0.379 e. The molecule has 0 bridgehead atoms. The molecule has 18 heavy (non-hydrogen) atoms. The third-order valence-corrected chi connectivity index (χ3v) is 3.06. The number of hydrogen-bond donors (Lipinski definition) is 1. The second kappa shape index (κ2) is 7.48. The summed E-state index contributed by atoms with van der Waals surface area (Å²) in [4.78, 5) is 11.8. The molecule has 5 heteroatoms. The molecule has 0 aliphatic heterocycles. The van der Waals surface area contributed by atoms with E-state index in [2.05, 4.69) is 21.2 Å². The summed E-state index contributed by atoms with van der Waals surface area (Å²) in [6.07, 6.45) is 0.926. The van der Waals surface area contributed by atoms with Gasteiger partial charge in [0, 0.05) is 13.2 Å². The second-order valence-corrected chi connectivity index (χ2v) is 4.92. The van der Waals surface area contributed by atoms with E-state index < -0.39 is 5.82 Å². The van der Waals surface area contributed by atoms with Gasteiger partial charge >= 0.3 is 0 Å². The monoisotopic (exact) mass is 317 g/mol. The number of hydrogen-bond acceptors (Lipinski definition) is 2. The lowest BCUT2D eigenvalue weighted by molar-refractivity contribution is 0.0757. The van der Waals surface area contributed by atoms with Crippen molar-refractivity contribution < 1.29 is 13.9 Å². The van der Waals surface area contributed by atoms with Gasteiger partial charge in [-0.1, -0.05) is 6.07 Å². The van der Waals surface area contributed by atoms with Crippen LogP contribution in [0.15, 0.2) is 22.7 Å². The molecule has 0 aliphatic carbocycles. The summed E-state index contributed by atoms with van der Waals surface area (Å²) < 4.78 is 18.8. The Bertz CT molecular complexity index is 410. The Morgan fingerprint density at radius 3 is 2.89 bits per heavy atom. The zero-order chi connectivity index (χ0) is 13.5. The van der Waals surface area contributed by atoms with Crippen molar-refractivity contribution in [3.05, 3.63) is 34.1 Å². The summed E-state index contributed by atoms with van der Waals surface area (Å²) in [7, 11) is 0. The molecule has 0 radical (unpaired) electrons. The zero-order valence-electron chi connectivity index (χ0n) is 10.5. The van der Waals surface area contributed by atoms with Crippen molar-refractivity contribution in [2.24, 2.45) is 0 Å². The lowest BCUT2D eigenvalue weighted by Crippen LogP contribution is -2.26. The molecule has 0 saturated heterocycles. The van der Waals surface area contributed by atoms with Crippen LogP contribution in [-0.4, -0.2) is 25.2 Å². The van der Waals surface area contributed by atoms with E-state index in [1.807, 2.05) is 13.8 Å². The van der Waals surface area contributed by atoms with E-state index in [4.69, 9.17) is 4.74 Å². The van der Waals surface area contributed by atoms with Gasteiger partial charge in [0.1, 0.15) is 5.82 Å². The van der Waals surface area contributed by atoms with Crippen LogP contribution in [0.5, 0.6) is 0 Å². The van der Waals surface area contributed by atoms with E-state index in [1.54, 1.807) is 6.07 Å². The third kappa shape index (κ3) is 4.74. The third-order valence-electron chi connectivity index (χ3n) is 2.25. The van der Waals surface area contributed by atoms with Gasteiger partial charge in [0.2, 0.25) is 0 Å². The first-order chi connectivity index (χ1) is 8.52. The van der Waals surface area contributed by atoms with E-state index in [0.29, 0.717) is 18.7 Å². The van der Waals surface area contributed by atoms with E-state index in [-0.39, 0.29) is 16.5 Å². The zero-order valence-corrected chi connectivity index (χ0v) is 12.1. The number of ether oxygens (including phenoxy) is 1. The Morgan fingerprint density at radius 2 is 2.22 bits per heavy atom. The minimum atomic E-state index is -0.439. The molecule has 0 spiro atoms. The molecular weight excluding hydrogens is 301 g/mol. The summed E-state index contributed by atoms with van der Waals surface area (Å²) >= 11 is 3.06. The lowest BCUT2D eigenvalue weighted by atomic mass is 10.2. The molecule has 0 aromatic heterocycles. The van der Waals surface area contributed by atoms with Crippen LogP contribution >= 0.6 is 15.9 Å². The van der Waals surface area contributed by atoms with Crippen LogP contribution in [0.1, 0.15) is 30.6 Å². The molecule has 1 amide bonds. The van der Waals surface area contributed by atoms with Crippen LogP contribution in [-0.2, 0) is 4.74 Å². The molecule has 0 unspecified atom stereocenters. The van der Waals surface area contributed by atoms with Crippen molar-refractivity contribution in [3.8, 4) is 0 Å². The van der Waals surface area contributed by atoms with Gasteiger partial charge in [0.25, 0.3) is 5.91 Å². The van der Waals surface area contributed by atoms with Gasteiger partial charge in [-0.05, 0) is 48.3 Å². The van der Waals surface area contributed by atoms with Gasteiger partial charge in [0.05, 0.1) is 16.1 Å². The number of rotatable bonds is 6. The maximum absolute atomic E-state index is 13.2. The summed E-state index contributed by atoms with van der Waals surface area (Å²) in [5.74, 6) is -0.725. The molecule has 1 aromatic rings. The standard InChI is InChI=1S/C13H17BrFNO2/c1-9(2)18-8-4-7-16-13(17)10-5-3-6-11(15)12(10)14/h3,5-6,9H,4,7-8H2,1-2H3,(H,16,17). The van der Waals surface area contributed by atoms with E-state index in [9.17, 15) is 9.18 Å². The minimum absolute atomic E-state index is 0.193. The van der Waals surface area contributed by atoms with Gasteiger partial charge in [-0.15, -0.1) is 0 Å². The van der Waals surface area contributed by atoms with Crippen molar-refractivity contribution in [1.29, 1.82) is 0 Å². The van der Waals surface area contributed by atoms with Crippen molar-refractivity contribution in [2.75, 3.05) is 13.2 Å². The van der Waals surface area contributed by atoms with E-state index >= 15 is 0 Å². The van der Waals surface area contributed by atoms with Gasteiger partial charge in [-0.2, -0.15) is 0 Å². The predicted octanol–water partition coefficient (Wildman–Crippen LogP) is 3.13. The highest BCUT2D eigenvalue weighted by molar-refractivity contribution is 9.10. The molecule has 1 N–H and O–H groups in total. The Balaban J connectivity index is 2.39. The first kappa shape index (κ1) is 15.1. The first-order valence-electron chi connectivity index (χ1n) is 5.86. The quantitative estimate of drug-likeness (QED) is 0.819. The molecule has 0 heterocycles. The molecule has 100 valence electrons. The average molecular weight is 318 g/mol. The van der Waals surface area contributed by atoms with Crippen molar-refractivity contribution in [3.63, 3.8) is 0 Å². The molecule has 1 aromatic carbocycles. The number of halogens is 2. The number of benzene rings is 1. The van der Waals surface area contributed by atoms with Crippen molar-refractivity contribution in [2.45, 2.75) is 26.4 Å². The normalized spacial score (nSPS) is 10.7. The highest BCUT2D eigenvalue weighted by atomic mass is 79.9. The van der Waals surface area contributed by atoms with Crippen LogP contribution < -0.4 is 5.32 Å². The summed E-state index contributed by atoms with van der Waals surface area (Å²) in [5, 5.41) is 2.73. The van der Waals surface area contributed by atoms with Crippen LogP contribution in [0.3, 0.4) is 0 Å². The Morgan fingerprint density at radius 1 is 1.50 bits per heavy atom. The first-order valence-corrected chi connectivity index (χ1v) is 6.65. The van der Waals surface area contributed by atoms with Crippen molar-refractivity contribution in [1.82, 2.24) is 5.32 Å². The molecule has 0 aliphatic rings. The van der Waals surface area contributed by atoms with E-state index in [1.165, 1.54) is 12.1 Å². The second-order valence-electron chi connectivity index (χ2n) is 4.13. The molecule has 1 rings (SSSR count). The lowest BCUT2D eigenvalue weighted by Gasteiger charge is -2.09. The molecule has 0 atom stereocenters. The summed E-state index contributed by atoms with van der Waals surface area (Å²) in [6, 6.07) is 4.39. The van der Waals surface area contributed by atoms with Crippen molar-refractivity contribution >= 4 is 21.8 Å². The van der Waals surface area contributed by atoms with Crippen LogP contribution in [0, 0.1) is 5.82 Å². The maximum atomic E-state index is 13.2. The maximum Gasteiger partial charge on any atom is 0.252 e. The fraction of sp³-hybridized carbons (Fsp3) is 0.462. The SMILES string of the molecule is CC(C)OCCCNC(=O)c1cccc(F)c1Br. The Labute approximate surface area is 115 Å². The van der Waals surface area contributed by atoms with Gasteiger partial charge in [-0.25, -0.2) is 4.39 Å². The Hall–Kier alpha value is -0.940. The largest absolute Gasteiger partial charge is 0.379 e. The molecule has 0 fully saturated rings. The predicted molar refractivity (Wildman–Crippen MR) is 72.1 cm³/mol. The molecule has 0 saturated carbocycles. The Kier molecular flexibility index (Phi) is 6.29. The highest BCUT2D eigenvalue weighted by Gasteiger charge is 2.12. The molecular formula is C13H17BrFNO2. The number of carbonyl (C=O) groups is 1. The number of amides is 1. The number of carbonyl (C=O) groups excluding carboxylic acids is 1. The van der Waals surface area contributed by atoms with Crippen LogP contribution in [0.25, 0.3) is 0 Å². The average Bonchev–Trinajstić information content (AvgIpc) is 2.31. The number of nitrogens with one attached hydrogen (secondary N) is 1. The summed E-state index contributed by atoms with van der Waals surface area (Å²) in [5.41, 5.74) is 0.305. The smallest absolute Gasteiger partial charge is 0.252 e. The van der Waals surface area contributed by atoms with Crippen LogP contribution in [0.4, 0.5) is 4.39 Å². The van der Waals surface area contributed by atoms with Crippen LogP contribution in [0.2, 0.25) is 0 Å². The van der Waals surface area contributed by atoms with Gasteiger partial charge in [0.15, 0.2) is 0 Å². The fourth-order valence-electron chi connectivity index (χ4n) is 1.37. The van der Waals surface area contributed by atoms with E-state index in [0.717, 1.165) is 6.42 Å². The van der Waals surface area contributed by atoms with Gasteiger partial charge < -0.3 is 10.1 Å². The van der Waals surface area contributed by atoms with Gasteiger partial charge in [-0.3, -0.25) is 4.79 Å². The highest BCUT2D eigenvalue weighted by Crippen LogP contribution is 2.20. The summed E-state index contributed by atoms with van der Waals surface area (Å²) in [6.45, 7) is 5.03. The topological polar surface area (TPSA) is 38.3 Å².